The van der Waals surface area contributed by atoms with E-state index in [0.29, 0.717) is 0 Å². The van der Waals surface area contributed by atoms with E-state index in [0.717, 1.165) is 30.2 Å². The first-order valence-electron chi connectivity index (χ1n) is 7.01. The van der Waals surface area contributed by atoms with Crippen molar-refractivity contribution in [1.29, 1.82) is 0 Å². The van der Waals surface area contributed by atoms with Gasteiger partial charge < -0.3 is 10.2 Å². The maximum Gasteiger partial charge on any atom is 0.0599 e. The molecule has 0 spiro atoms. The van der Waals surface area contributed by atoms with Crippen LogP contribution in [0.2, 0.25) is 0 Å². The maximum absolute atomic E-state index is 4.54. The molecular formula is C16H22N4. The van der Waals surface area contributed by atoms with Crippen LogP contribution in [0.3, 0.4) is 0 Å². The van der Waals surface area contributed by atoms with Crippen molar-refractivity contribution in [2.24, 2.45) is 0 Å². The van der Waals surface area contributed by atoms with E-state index in [1.54, 1.807) is 0 Å². The molecule has 0 aliphatic carbocycles. The van der Waals surface area contributed by atoms with Crippen LogP contribution in [0.4, 0.5) is 5.69 Å². The van der Waals surface area contributed by atoms with Crippen molar-refractivity contribution < 1.29 is 0 Å². The molecule has 0 aromatic carbocycles. The van der Waals surface area contributed by atoms with Gasteiger partial charge in [0.05, 0.1) is 29.8 Å². The van der Waals surface area contributed by atoms with Gasteiger partial charge in [-0.05, 0) is 37.7 Å². The van der Waals surface area contributed by atoms with Crippen LogP contribution < -0.4 is 10.2 Å². The average Bonchev–Trinajstić information content (AvgIpc) is 2.48. The minimum atomic E-state index is 0.287. The number of hydrogen-bond donors (Lipinski definition) is 1. The standard InChI is InChI=1S/C16H22N4/c1-4-17-13(2)16-9-8-15(11-19-16)20(3)12-14-7-5-6-10-18-14/h5-11,13,17H,4,12H2,1-3H3. The number of hydrogen-bond acceptors (Lipinski definition) is 4. The molecule has 2 aromatic rings. The summed E-state index contributed by atoms with van der Waals surface area (Å²) >= 11 is 0. The van der Waals surface area contributed by atoms with Crippen LogP contribution in [-0.4, -0.2) is 23.6 Å². The molecule has 4 nitrogen and oxygen atoms in total. The Labute approximate surface area is 120 Å². The summed E-state index contributed by atoms with van der Waals surface area (Å²) in [6.07, 6.45) is 3.74. The molecule has 0 amide bonds. The van der Waals surface area contributed by atoms with E-state index in [1.165, 1.54) is 0 Å². The molecule has 4 heteroatoms. The second-order valence-electron chi connectivity index (χ2n) is 4.90. The molecule has 2 rings (SSSR count). The van der Waals surface area contributed by atoms with Gasteiger partial charge in [0.2, 0.25) is 0 Å². The fourth-order valence-corrected chi connectivity index (χ4v) is 2.12. The first kappa shape index (κ1) is 14.5. The number of nitrogens with one attached hydrogen (secondary N) is 1. The molecule has 20 heavy (non-hydrogen) atoms. The van der Waals surface area contributed by atoms with Crippen LogP contribution in [0, 0.1) is 0 Å². The minimum absolute atomic E-state index is 0.287. The van der Waals surface area contributed by atoms with Gasteiger partial charge in [0, 0.05) is 19.3 Å². The molecule has 0 aliphatic heterocycles. The van der Waals surface area contributed by atoms with Crippen LogP contribution in [-0.2, 0) is 6.54 Å². The van der Waals surface area contributed by atoms with Gasteiger partial charge in [0.25, 0.3) is 0 Å². The fourth-order valence-electron chi connectivity index (χ4n) is 2.12. The average molecular weight is 270 g/mol. The second kappa shape index (κ2) is 7.01. The lowest BCUT2D eigenvalue weighted by molar-refractivity contribution is 0.583. The smallest absolute Gasteiger partial charge is 0.0599 e. The van der Waals surface area contributed by atoms with Gasteiger partial charge in [-0.25, -0.2) is 0 Å². The Morgan fingerprint density at radius 1 is 1.20 bits per heavy atom. The zero-order chi connectivity index (χ0) is 14.4. The lowest BCUT2D eigenvalue weighted by Gasteiger charge is -2.19. The number of nitrogens with zero attached hydrogens (tertiary/aromatic N) is 3. The van der Waals surface area contributed by atoms with Gasteiger partial charge in [-0.3, -0.25) is 9.97 Å². The molecule has 0 bridgehead atoms. The van der Waals surface area contributed by atoms with Crippen molar-refractivity contribution in [2.45, 2.75) is 26.4 Å². The van der Waals surface area contributed by atoms with Gasteiger partial charge in [-0.2, -0.15) is 0 Å². The third-order valence-corrected chi connectivity index (χ3v) is 3.29. The summed E-state index contributed by atoms with van der Waals surface area (Å²) in [4.78, 5) is 11.0. The van der Waals surface area contributed by atoms with Crippen LogP contribution >= 0.6 is 0 Å². The van der Waals surface area contributed by atoms with Gasteiger partial charge in [0.1, 0.15) is 0 Å². The molecule has 1 atom stereocenters. The van der Waals surface area contributed by atoms with E-state index in [1.807, 2.05) is 30.6 Å². The van der Waals surface area contributed by atoms with E-state index in [4.69, 9.17) is 0 Å². The van der Waals surface area contributed by atoms with Crippen LogP contribution in [0.25, 0.3) is 0 Å². The molecule has 0 saturated heterocycles. The van der Waals surface area contributed by atoms with Crippen molar-refractivity contribution in [3.05, 3.63) is 54.1 Å². The Kier molecular flexibility index (Phi) is 5.07. The summed E-state index contributed by atoms with van der Waals surface area (Å²) < 4.78 is 0. The molecule has 0 fully saturated rings. The molecule has 1 N–H and O–H groups in total. The SMILES string of the molecule is CCNC(C)c1ccc(N(C)Cc2ccccn2)cn1. The molecule has 0 radical (unpaired) electrons. The molecule has 2 aromatic heterocycles. The summed E-state index contributed by atoms with van der Waals surface area (Å²) in [5.41, 5.74) is 3.23. The monoisotopic (exact) mass is 270 g/mol. The van der Waals surface area contributed by atoms with Crippen molar-refractivity contribution in [1.82, 2.24) is 15.3 Å². The predicted molar refractivity (Wildman–Crippen MR) is 82.7 cm³/mol. The Hall–Kier alpha value is -1.94. The van der Waals surface area contributed by atoms with Crippen LogP contribution in [0.1, 0.15) is 31.3 Å². The highest BCUT2D eigenvalue weighted by Crippen LogP contribution is 2.16. The molecule has 0 aliphatic rings. The molecule has 106 valence electrons. The molecule has 2 heterocycles. The Morgan fingerprint density at radius 2 is 2.05 bits per heavy atom. The number of pyridine rings is 2. The quantitative estimate of drug-likeness (QED) is 0.876. The zero-order valence-electron chi connectivity index (χ0n) is 12.4. The summed E-state index contributed by atoms with van der Waals surface area (Å²) in [5, 5.41) is 3.36. The Morgan fingerprint density at radius 3 is 2.65 bits per heavy atom. The summed E-state index contributed by atoms with van der Waals surface area (Å²) in [5.74, 6) is 0. The van der Waals surface area contributed by atoms with Crippen molar-refractivity contribution in [3.8, 4) is 0 Å². The first-order chi connectivity index (χ1) is 9.70. The van der Waals surface area contributed by atoms with Gasteiger partial charge >= 0.3 is 0 Å². The van der Waals surface area contributed by atoms with Crippen LogP contribution in [0.15, 0.2) is 42.7 Å². The minimum Gasteiger partial charge on any atom is -0.367 e. The topological polar surface area (TPSA) is 41.0 Å². The van der Waals surface area contributed by atoms with E-state index < -0.39 is 0 Å². The molecule has 1 unspecified atom stereocenters. The molecule has 0 saturated carbocycles. The summed E-state index contributed by atoms with van der Waals surface area (Å²) in [7, 11) is 2.05. The summed E-state index contributed by atoms with van der Waals surface area (Å²) in [6.45, 7) is 5.96. The number of aromatic nitrogens is 2. The number of rotatable bonds is 6. The highest BCUT2D eigenvalue weighted by molar-refractivity contribution is 5.44. The fraction of sp³-hybridized carbons (Fsp3) is 0.375. The lowest BCUT2D eigenvalue weighted by atomic mass is 10.2. The second-order valence-corrected chi connectivity index (χ2v) is 4.90. The van der Waals surface area contributed by atoms with Crippen molar-refractivity contribution in [3.63, 3.8) is 0 Å². The summed E-state index contributed by atoms with van der Waals surface area (Å²) in [6, 6.07) is 10.5. The molecular weight excluding hydrogens is 248 g/mol. The van der Waals surface area contributed by atoms with Gasteiger partial charge in [-0.1, -0.05) is 13.0 Å². The van der Waals surface area contributed by atoms with Gasteiger partial charge in [0.15, 0.2) is 0 Å². The normalized spacial score (nSPS) is 12.2. The van der Waals surface area contributed by atoms with Crippen LogP contribution in [0.5, 0.6) is 0 Å². The Bertz CT molecular complexity index is 510. The first-order valence-corrected chi connectivity index (χ1v) is 7.01. The van der Waals surface area contributed by atoms with Crippen molar-refractivity contribution in [2.75, 3.05) is 18.5 Å². The third-order valence-electron chi connectivity index (χ3n) is 3.29. The van der Waals surface area contributed by atoms with Gasteiger partial charge in [-0.15, -0.1) is 0 Å². The zero-order valence-corrected chi connectivity index (χ0v) is 12.4. The highest BCUT2D eigenvalue weighted by atomic mass is 15.1. The van der Waals surface area contributed by atoms with E-state index in [-0.39, 0.29) is 6.04 Å². The third kappa shape index (κ3) is 3.78. The predicted octanol–water partition coefficient (Wildman–Crippen LogP) is 2.78. The maximum atomic E-state index is 4.54. The Balaban J connectivity index is 2.02. The van der Waals surface area contributed by atoms with Crippen molar-refractivity contribution >= 4 is 5.69 Å². The lowest BCUT2D eigenvalue weighted by Crippen LogP contribution is -2.20. The van der Waals surface area contributed by atoms with E-state index >= 15 is 0 Å². The largest absolute Gasteiger partial charge is 0.367 e. The number of anilines is 1. The van der Waals surface area contributed by atoms with E-state index in [2.05, 4.69) is 53.2 Å². The van der Waals surface area contributed by atoms with E-state index in [9.17, 15) is 0 Å². The highest BCUT2D eigenvalue weighted by Gasteiger charge is 2.07.